The van der Waals surface area contributed by atoms with Crippen LogP contribution in [0.1, 0.15) is 29.9 Å². The third kappa shape index (κ3) is 2.45. The molecule has 18 heavy (non-hydrogen) atoms. The van der Waals surface area contributed by atoms with Crippen molar-refractivity contribution in [1.29, 1.82) is 0 Å². The van der Waals surface area contributed by atoms with Crippen molar-refractivity contribution in [3.8, 4) is 5.75 Å². The van der Waals surface area contributed by atoms with E-state index in [0.29, 0.717) is 24.1 Å². The van der Waals surface area contributed by atoms with Crippen LogP contribution in [-0.2, 0) is 6.61 Å². The predicted molar refractivity (Wildman–Crippen MR) is 71.4 cm³/mol. The van der Waals surface area contributed by atoms with Gasteiger partial charge in [-0.2, -0.15) is 0 Å². The molecular formula is C15H16N2O. The summed E-state index contributed by atoms with van der Waals surface area (Å²) >= 11 is 0. The maximum atomic E-state index is 5.84. The van der Waals surface area contributed by atoms with Crippen molar-refractivity contribution in [3.05, 3.63) is 53.7 Å². The lowest BCUT2D eigenvalue weighted by Crippen LogP contribution is -2.01. The van der Waals surface area contributed by atoms with Gasteiger partial charge in [0.05, 0.1) is 0 Å². The van der Waals surface area contributed by atoms with Gasteiger partial charge in [-0.3, -0.25) is 0 Å². The highest BCUT2D eigenvalue weighted by atomic mass is 16.5. The molecular weight excluding hydrogens is 224 g/mol. The van der Waals surface area contributed by atoms with Gasteiger partial charge in [0, 0.05) is 6.20 Å². The number of aromatic nitrogens is 1. The second-order valence-corrected chi connectivity index (χ2v) is 4.70. The van der Waals surface area contributed by atoms with Gasteiger partial charge >= 0.3 is 0 Å². The minimum atomic E-state index is 0.468. The molecule has 0 atom stereocenters. The summed E-state index contributed by atoms with van der Waals surface area (Å²) in [5, 5.41) is 0. The van der Waals surface area contributed by atoms with Crippen molar-refractivity contribution >= 4 is 5.82 Å². The Hall–Kier alpha value is -2.03. The zero-order chi connectivity index (χ0) is 12.4. The first-order valence-corrected chi connectivity index (χ1v) is 6.25. The molecule has 1 heterocycles. The predicted octanol–water partition coefficient (Wildman–Crippen LogP) is 3.12. The highest BCUT2D eigenvalue weighted by Gasteiger charge is 2.24. The Kier molecular flexibility index (Phi) is 2.89. The van der Waals surface area contributed by atoms with E-state index in [-0.39, 0.29) is 0 Å². The van der Waals surface area contributed by atoms with E-state index < -0.39 is 0 Å². The van der Waals surface area contributed by atoms with E-state index >= 15 is 0 Å². The number of benzene rings is 1. The van der Waals surface area contributed by atoms with Gasteiger partial charge in [-0.15, -0.1) is 0 Å². The molecule has 1 aliphatic rings. The average molecular weight is 240 g/mol. The highest BCUT2D eigenvalue weighted by Crippen LogP contribution is 2.41. The first-order valence-electron chi connectivity index (χ1n) is 6.25. The van der Waals surface area contributed by atoms with Crippen LogP contribution in [0.15, 0.2) is 42.6 Å². The number of rotatable bonds is 4. The smallest absolute Gasteiger partial charge is 0.166 e. The molecule has 92 valence electrons. The summed E-state index contributed by atoms with van der Waals surface area (Å²) in [5.74, 6) is 1.83. The summed E-state index contributed by atoms with van der Waals surface area (Å²) in [7, 11) is 0. The lowest BCUT2D eigenvalue weighted by atomic mass is 10.2. The quantitative estimate of drug-likeness (QED) is 0.893. The molecule has 0 amide bonds. The van der Waals surface area contributed by atoms with Crippen molar-refractivity contribution < 1.29 is 4.74 Å². The van der Waals surface area contributed by atoms with Gasteiger partial charge < -0.3 is 10.5 Å². The zero-order valence-electron chi connectivity index (χ0n) is 10.2. The molecule has 0 radical (unpaired) electrons. The van der Waals surface area contributed by atoms with Gasteiger partial charge in [-0.25, -0.2) is 4.98 Å². The molecule has 1 saturated carbocycles. The Morgan fingerprint density at radius 3 is 2.72 bits per heavy atom. The number of pyridine rings is 1. The number of hydrogen-bond donors (Lipinski definition) is 1. The number of nitrogen functional groups attached to an aromatic ring is 1. The molecule has 1 aromatic carbocycles. The first kappa shape index (κ1) is 11.1. The highest BCUT2D eigenvalue weighted by molar-refractivity contribution is 5.48. The van der Waals surface area contributed by atoms with E-state index in [1.807, 2.05) is 42.6 Å². The molecule has 0 saturated heterocycles. The Bertz CT molecular complexity index is 535. The minimum Gasteiger partial charge on any atom is -0.485 e. The van der Waals surface area contributed by atoms with E-state index in [4.69, 9.17) is 10.5 Å². The number of hydrogen-bond acceptors (Lipinski definition) is 3. The SMILES string of the molecule is Nc1ncc(C2CC2)cc1OCc1ccccc1. The van der Waals surface area contributed by atoms with Crippen LogP contribution in [-0.4, -0.2) is 4.98 Å². The molecule has 3 rings (SSSR count). The van der Waals surface area contributed by atoms with Gasteiger partial charge in [0.2, 0.25) is 0 Å². The Labute approximate surface area is 107 Å². The van der Waals surface area contributed by atoms with Gasteiger partial charge in [0.25, 0.3) is 0 Å². The molecule has 1 aliphatic carbocycles. The van der Waals surface area contributed by atoms with Crippen LogP contribution in [0.25, 0.3) is 0 Å². The van der Waals surface area contributed by atoms with Crippen molar-refractivity contribution in [2.24, 2.45) is 0 Å². The minimum absolute atomic E-state index is 0.468. The maximum Gasteiger partial charge on any atom is 0.166 e. The van der Waals surface area contributed by atoms with E-state index in [1.165, 1.54) is 18.4 Å². The van der Waals surface area contributed by atoms with Gasteiger partial charge in [0.15, 0.2) is 11.6 Å². The summed E-state index contributed by atoms with van der Waals surface area (Å²) in [6, 6.07) is 12.1. The van der Waals surface area contributed by atoms with Crippen molar-refractivity contribution in [2.75, 3.05) is 5.73 Å². The fourth-order valence-electron chi connectivity index (χ4n) is 1.96. The molecule has 3 nitrogen and oxygen atoms in total. The van der Waals surface area contributed by atoms with Crippen LogP contribution in [0.3, 0.4) is 0 Å². The van der Waals surface area contributed by atoms with E-state index in [9.17, 15) is 0 Å². The second kappa shape index (κ2) is 4.69. The van der Waals surface area contributed by atoms with Crippen LogP contribution in [0.2, 0.25) is 0 Å². The molecule has 2 N–H and O–H groups in total. The van der Waals surface area contributed by atoms with Crippen LogP contribution in [0.4, 0.5) is 5.82 Å². The number of ether oxygens (including phenoxy) is 1. The van der Waals surface area contributed by atoms with E-state index in [1.54, 1.807) is 0 Å². The molecule has 1 fully saturated rings. The average Bonchev–Trinajstić information content (AvgIpc) is 3.23. The normalized spacial score (nSPS) is 14.4. The third-order valence-corrected chi connectivity index (χ3v) is 3.19. The maximum absolute atomic E-state index is 5.84. The lowest BCUT2D eigenvalue weighted by Gasteiger charge is -2.09. The van der Waals surface area contributed by atoms with Crippen molar-refractivity contribution in [3.63, 3.8) is 0 Å². The molecule has 0 bridgehead atoms. The fourth-order valence-corrected chi connectivity index (χ4v) is 1.96. The lowest BCUT2D eigenvalue weighted by molar-refractivity contribution is 0.306. The van der Waals surface area contributed by atoms with Crippen molar-refractivity contribution in [2.45, 2.75) is 25.4 Å². The summed E-state index contributed by atoms with van der Waals surface area (Å²) in [6.07, 6.45) is 4.37. The largest absolute Gasteiger partial charge is 0.485 e. The van der Waals surface area contributed by atoms with Gasteiger partial charge in [-0.05, 0) is 36.0 Å². The number of anilines is 1. The van der Waals surface area contributed by atoms with Gasteiger partial charge in [0.1, 0.15) is 6.61 Å². The Morgan fingerprint density at radius 2 is 2.00 bits per heavy atom. The monoisotopic (exact) mass is 240 g/mol. The Morgan fingerprint density at radius 1 is 1.22 bits per heavy atom. The topological polar surface area (TPSA) is 48.1 Å². The fraction of sp³-hybridized carbons (Fsp3) is 0.267. The number of nitrogens with zero attached hydrogens (tertiary/aromatic N) is 1. The summed E-state index contributed by atoms with van der Waals surface area (Å²) < 4.78 is 5.75. The molecule has 0 unspecified atom stereocenters. The molecule has 1 aromatic heterocycles. The molecule has 0 aliphatic heterocycles. The van der Waals surface area contributed by atoms with E-state index in [2.05, 4.69) is 4.98 Å². The molecule has 2 aromatic rings. The second-order valence-electron chi connectivity index (χ2n) is 4.70. The summed E-state index contributed by atoms with van der Waals surface area (Å²) in [6.45, 7) is 0.529. The van der Waals surface area contributed by atoms with Gasteiger partial charge in [-0.1, -0.05) is 30.3 Å². The summed E-state index contributed by atoms with van der Waals surface area (Å²) in [4.78, 5) is 4.21. The van der Waals surface area contributed by atoms with Crippen LogP contribution >= 0.6 is 0 Å². The zero-order valence-corrected chi connectivity index (χ0v) is 10.2. The third-order valence-electron chi connectivity index (χ3n) is 3.19. The standard InChI is InChI=1S/C15H16N2O/c16-15-14(8-13(9-17-15)12-6-7-12)18-10-11-4-2-1-3-5-11/h1-5,8-9,12H,6-7,10H2,(H2,16,17). The van der Waals surface area contributed by atoms with Crippen LogP contribution in [0, 0.1) is 0 Å². The van der Waals surface area contributed by atoms with Crippen LogP contribution in [0.5, 0.6) is 5.75 Å². The Balaban J connectivity index is 1.73. The number of nitrogens with two attached hydrogens (primary N) is 1. The van der Waals surface area contributed by atoms with E-state index in [0.717, 1.165) is 5.56 Å². The van der Waals surface area contributed by atoms with Crippen molar-refractivity contribution in [1.82, 2.24) is 4.98 Å². The molecule has 3 heteroatoms. The first-order chi connectivity index (χ1) is 8.83. The summed E-state index contributed by atoms with van der Waals surface area (Å²) in [5.41, 5.74) is 8.21. The molecule has 0 spiro atoms. The van der Waals surface area contributed by atoms with Crippen LogP contribution < -0.4 is 10.5 Å².